The first-order valence-electron chi connectivity index (χ1n) is 6.94. The molecular weight excluding hydrogens is 214 g/mol. The van der Waals surface area contributed by atoms with Gasteiger partial charge in [0.15, 0.2) is 0 Å². The fourth-order valence-electron chi connectivity index (χ4n) is 2.87. The van der Waals surface area contributed by atoms with E-state index in [1.165, 1.54) is 12.8 Å². The molecule has 0 aromatic rings. The second-order valence-corrected chi connectivity index (χ2v) is 5.80. The van der Waals surface area contributed by atoms with Gasteiger partial charge < -0.3 is 15.5 Å². The van der Waals surface area contributed by atoms with E-state index in [4.69, 9.17) is 0 Å². The van der Waals surface area contributed by atoms with Crippen LogP contribution in [-0.2, 0) is 0 Å². The smallest absolute Gasteiger partial charge is 0.317 e. The molecule has 2 saturated heterocycles. The van der Waals surface area contributed by atoms with E-state index in [1.54, 1.807) is 0 Å². The standard InChI is InChI=1S/C13H25N3O/c1-10(2)8-12-9-16(13(17)15-12)7-5-11-4-3-6-14-11/h10-12,14H,3-9H2,1-2H3,(H,15,17). The number of carbonyl (C=O) groups excluding carboxylic acids is 1. The largest absolute Gasteiger partial charge is 0.333 e. The maximum absolute atomic E-state index is 11.8. The van der Waals surface area contributed by atoms with Crippen LogP contribution in [0.15, 0.2) is 0 Å². The Morgan fingerprint density at radius 2 is 2.24 bits per heavy atom. The molecule has 17 heavy (non-hydrogen) atoms. The number of amides is 2. The summed E-state index contributed by atoms with van der Waals surface area (Å²) >= 11 is 0. The molecule has 0 aliphatic carbocycles. The molecule has 2 atom stereocenters. The van der Waals surface area contributed by atoms with Gasteiger partial charge in [0, 0.05) is 25.2 Å². The maximum atomic E-state index is 11.8. The zero-order valence-electron chi connectivity index (χ0n) is 11.0. The van der Waals surface area contributed by atoms with Crippen molar-refractivity contribution in [2.24, 2.45) is 5.92 Å². The molecule has 98 valence electrons. The van der Waals surface area contributed by atoms with Gasteiger partial charge >= 0.3 is 6.03 Å². The van der Waals surface area contributed by atoms with Crippen LogP contribution in [0, 0.1) is 5.92 Å². The fourth-order valence-corrected chi connectivity index (χ4v) is 2.87. The Morgan fingerprint density at radius 3 is 2.88 bits per heavy atom. The monoisotopic (exact) mass is 239 g/mol. The molecule has 2 amide bonds. The normalized spacial score (nSPS) is 29.1. The highest BCUT2D eigenvalue weighted by Gasteiger charge is 2.29. The third-order valence-electron chi connectivity index (χ3n) is 3.72. The van der Waals surface area contributed by atoms with Crippen LogP contribution >= 0.6 is 0 Å². The zero-order valence-corrected chi connectivity index (χ0v) is 11.0. The van der Waals surface area contributed by atoms with Gasteiger partial charge in [0.25, 0.3) is 0 Å². The summed E-state index contributed by atoms with van der Waals surface area (Å²) in [7, 11) is 0. The Hall–Kier alpha value is -0.770. The van der Waals surface area contributed by atoms with Gasteiger partial charge in [-0.1, -0.05) is 13.8 Å². The minimum Gasteiger partial charge on any atom is -0.333 e. The summed E-state index contributed by atoms with van der Waals surface area (Å²) in [6, 6.07) is 1.12. The van der Waals surface area contributed by atoms with Crippen molar-refractivity contribution in [3.8, 4) is 0 Å². The molecule has 4 nitrogen and oxygen atoms in total. The van der Waals surface area contributed by atoms with Gasteiger partial charge in [0.05, 0.1) is 0 Å². The number of rotatable bonds is 5. The van der Waals surface area contributed by atoms with E-state index in [1.807, 2.05) is 4.90 Å². The second-order valence-electron chi connectivity index (χ2n) is 5.80. The lowest BCUT2D eigenvalue weighted by Crippen LogP contribution is -2.33. The quantitative estimate of drug-likeness (QED) is 0.765. The third kappa shape index (κ3) is 3.60. The molecule has 2 fully saturated rings. The first kappa shape index (κ1) is 12.7. The van der Waals surface area contributed by atoms with Gasteiger partial charge in [-0.2, -0.15) is 0 Å². The number of hydrogen-bond acceptors (Lipinski definition) is 2. The van der Waals surface area contributed by atoms with Crippen molar-refractivity contribution in [2.45, 2.75) is 51.6 Å². The minimum absolute atomic E-state index is 0.133. The third-order valence-corrected chi connectivity index (χ3v) is 3.72. The van der Waals surface area contributed by atoms with E-state index in [-0.39, 0.29) is 6.03 Å². The molecule has 0 aromatic heterocycles. The average Bonchev–Trinajstić information content (AvgIpc) is 2.84. The number of urea groups is 1. The van der Waals surface area contributed by atoms with E-state index >= 15 is 0 Å². The van der Waals surface area contributed by atoms with Gasteiger partial charge in [-0.15, -0.1) is 0 Å². The number of carbonyl (C=O) groups is 1. The Labute approximate surface area is 104 Å². The predicted molar refractivity (Wildman–Crippen MR) is 69.0 cm³/mol. The molecule has 2 aliphatic heterocycles. The van der Waals surface area contributed by atoms with E-state index in [0.717, 1.165) is 32.5 Å². The molecule has 2 aliphatic rings. The van der Waals surface area contributed by atoms with Crippen LogP contribution in [0.5, 0.6) is 0 Å². The Balaban J connectivity index is 1.71. The van der Waals surface area contributed by atoms with Crippen LogP contribution in [0.3, 0.4) is 0 Å². The molecule has 0 spiro atoms. The van der Waals surface area contributed by atoms with Crippen LogP contribution in [0.1, 0.15) is 39.5 Å². The van der Waals surface area contributed by atoms with Crippen molar-refractivity contribution in [3.05, 3.63) is 0 Å². The van der Waals surface area contributed by atoms with Crippen molar-refractivity contribution in [3.63, 3.8) is 0 Å². The topological polar surface area (TPSA) is 44.4 Å². The van der Waals surface area contributed by atoms with E-state index < -0.39 is 0 Å². The fraction of sp³-hybridized carbons (Fsp3) is 0.923. The highest BCUT2D eigenvalue weighted by molar-refractivity contribution is 5.76. The summed E-state index contributed by atoms with van der Waals surface area (Å²) in [6.45, 7) is 7.35. The minimum atomic E-state index is 0.133. The Morgan fingerprint density at radius 1 is 1.41 bits per heavy atom. The van der Waals surface area contributed by atoms with E-state index in [0.29, 0.717) is 18.0 Å². The molecule has 0 bridgehead atoms. The van der Waals surface area contributed by atoms with Gasteiger partial charge in [-0.3, -0.25) is 0 Å². The number of nitrogens with zero attached hydrogens (tertiary/aromatic N) is 1. The highest BCUT2D eigenvalue weighted by Crippen LogP contribution is 2.15. The van der Waals surface area contributed by atoms with E-state index in [2.05, 4.69) is 24.5 Å². The van der Waals surface area contributed by atoms with Crippen molar-refractivity contribution >= 4 is 6.03 Å². The van der Waals surface area contributed by atoms with E-state index in [9.17, 15) is 4.79 Å². The first-order chi connectivity index (χ1) is 8.15. The molecule has 2 N–H and O–H groups in total. The summed E-state index contributed by atoms with van der Waals surface area (Å²) < 4.78 is 0. The van der Waals surface area contributed by atoms with Crippen LogP contribution in [0.25, 0.3) is 0 Å². The lowest BCUT2D eigenvalue weighted by Gasteiger charge is -2.18. The predicted octanol–water partition coefficient (Wildman–Crippen LogP) is 1.57. The van der Waals surface area contributed by atoms with Crippen molar-refractivity contribution in [2.75, 3.05) is 19.6 Å². The summed E-state index contributed by atoms with van der Waals surface area (Å²) in [5.41, 5.74) is 0. The van der Waals surface area contributed by atoms with Crippen molar-refractivity contribution in [1.82, 2.24) is 15.5 Å². The van der Waals surface area contributed by atoms with Crippen LogP contribution < -0.4 is 10.6 Å². The molecule has 0 radical (unpaired) electrons. The molecular formula is C13H25N3O. The second kappa shape index (κ2) is 5.71. The lowest BCUT2D eigenvalue weighted by atomic mass is 10.0. The molecule has 4 heteroatoms. The summed E-state index contributed by atoms with van der Waals surface area (Å²) in [5, 5.41) is 6.56. The summed E-state index contributed by atoms with van der Waals surface area (Å²) in [4.78, 5) is 13.7. The van der Waals surface area contributed by atoms with Crippen molar-refractivity contribution in [1.29, 1.82) is 0 Å². The van der Waals surface area contributed by atoms with Crippen LogP contribution in [0.2, 0.25) is 0 Å². The Kier molecular flexibility index (Phi) is 4.26. The van der Waals surface area contributed by atoms with Gasteiger partial charge in [-0.05, 0) is 38.1 Å². The molecule has 0 aromatic carbocycles. The lowest BCUT2D eigenvalue weighted by molar-refractivity contribution is 0.215. The maximum Gasteiger partial charge on any atom is 0.317 e. The summed E-state index contributed by atoms with van der Waals surface area (Å²) in [5.74, 6) is 0.650. The highest BCUT2D eigenvalue weighted by atomic mass is 16.2. The number of nitrogens with one attached hydrogen (secondary N) is 2. The molecule has 2 heterocycles. The van der Waals surface area contributed by atoms with Gasteiger partial charge in [0.2, 0.25) is 0 Å². The first-order valence-corrected chi connectivity index (χ1v) is 6.94. The van der Waals surface area contributed by atoms with Gasteiger partial charge in [-0.25, -0.2) is 4.79 Å². The van der Waals surface area contributed by atoms with Crippen LogP contribution in [0.4, 0.5) is 4.79 Å². The zero-order chi connectivity index (χ0) is 12.3. The average molecular weight is 239 g/mol. The molecule has 0 saturated carbocycles. The number of hydrogen-bond donors (Lipinski definition) is 2. The molecule has 2 unspecified atom stereocenters. The Bertz CT molecular complexity index is 261. The van der Waals surface area contributed by atoms with Crippen LogP contribution in [-0.4, -0.2) is 42.6 Å². The van der Waals surface area contributed by atoms with Gasteiger partial charge in [0.1, 0.15) is 0 Å². The SMILES string of the molecule is CC(C)CC1CN(CCC2CCCN2)C(=O)N1. The molecule has 2 rings (SSSR count). The van der Waals surface area contributed by atoms with Crippen molar-refractivity contribution < 1.29 is 4.79 Å². The summed E-state index contributed by atoms with van der Waals surface area (Å²) in [6.07, 6.45) is 4.74.